The Morgan fingerprint density at radius 2 is 1.89 bits per heavy atom. The van der Waals surface area contributed by atoms with E-state index in [1.54, 1.807) is 0 Å². The summed E-state index contributed by atoms with van der Waals surface area (Å²) < 4.78 is 1.10. The lowest BCUT2D eigenvalue weighted by Gasteiger charge is -2.26. The van der Waals surface area contributed by atoms with E-state index in [2.05, 4.69) is 64.9 Å². The Morgan fingerprint density at radius 1 is 1.17 bits per heavy atom. The molecule has 1 aromatic carbocycles. The fourth-order valence-electron chi connectivity index (χ4n) is 1.80. The highest BCUT2D eigenvalue weighted by Crippen LogP contribution is 2.25. The van der Waals surface area contributed by atoms with Crippen molar-refractivity contribution >= 4 is 33.2 Å². The van der Waals surface area contributed by atoms with Gasteiger partial charge in [0.2, 0.25) is 0 Å². The van der Waals surface area contributed by atoms with Gasteiger partial charge in [0.15, 0.2) is 0 Å². The van der Waals surface area contributed by atoms with E-state index in [0.717, 1.165) is 36.1 Å². The Hall–Kier alpha value is -0.250. The lowest BCUT2D eigenvalue weighted by atomic mass is 10.2. The standard InChI is InChI=1S/C14H22BrClN2/c1-4-7-18(9-8-17(2)3)13-6-5-12(11-16)14(15)10-13/h5-6,10H,4,7-9,11H2,1-3H3. The Kier molecular flexibility index (Phi) is 7.05. The lowest BCUT2D eigenvalue weighted by molar-refractivity contribution is 0.413. The van der Waals surface area contributed by atoms with E-state index in [1.165, 1.54) is 5.69 Å². The Bertz CT molecular complexity index is 369. The molecule has 1 aromatic rings. The van der Waals surface area contributed by atoms with E-state index in [4.69, 9.17) is 11.6 Å². The molecule has 0 aromatic heterocycles. The summed E-state index contributed by atoms with van der Waals surface area (Å²) in [6, 6.07) is 6.43. The molecule has 0 spiro atoms. The normalized spacial score (nSPS) is 11.0. The summed E-state index contributed by atoms with van der Waals surface area (Å²) in [6.45, 7) is 5.41. The topological polar surface area (TPSA) is 6.48 Å². The summed E-state index contributed by atoms with van der Waals surface area (Å²) in [7, 11) is 4.22. The summed E-state index contributed by atoms with van der Waals surface area (Å²) in [6.07, 6.45) is 1.16. The van der Waals surface area contributed by atoms with Crippen LogP contribution < -0.4 is 4.90 Å². The van der Waals surface area contributed by atoms with Crippen molar-refractivity contribution in [2.75, 3.05) is 38.6 Å². The van der Waals surface area contributed by atoms with Gasteiger partial charge in [0.25, 0.3) is 0 Å². The van der Waals surface area contributed by atoms with Crippen LogP contribution in [0.4, 0.5) is 5.69 Å². The second-order valence-electron chi connectivity index (χ2n) is 4.70. The molecule has 0 aliphatic carbocycles. The Balaban J connectivity index is 2.81. The lowest BCUT2D eigenvalue weighted by Crippen LogP contribution is -2.32. The number of alkyl halides is 1. The van der Waals surface area contributed by atoms with Gasteiger partial charge in [0.05, 0.1) is 0 Å². The number of halogens is 2. The molecule has 0 aliphatic rings. The first-order valence-corrected chi connectivity index (χ1v) is 7.65. The molecule has 102 valence electrons. The zero-order valence-corrected chi connectivity index (χ0v) is 13.8. The molecule has 0 aliphatic heterocycles. The number of nitrogens with zero attached hydrogens (tertiary/aromatic N) is 2. The van der Waals surface area contributed by atoms with E-state index >= 15 is 0 Å². The third-order valence-electron chi connectivity index (χ3n) is 2.86. The molecular weight excluding hydrogens is 312 g/mol. The van der Waals surface area contributed by atoms with Crippen molar-refractivity contribution in [3.63, 3.8) is 0 Å². The van der Waals surface area contributed by atoms with Gasteiger partial charge in [-0.05, 0) is 38.2 Å². The monoisotopic (exact) mass is 332 g/mol. The van der Waals surface area contributed by atoms with Crippen LogP contribution in [0.1, 0.15) is 18.9 Å². The van der Waals surface area contributed by atoms with Gasteiger partial charge >= 0.3 is 0 Å². The molecule has 18 heavy (non-hydrogen) atoms. The van der Waals surface area contributed by atoms with Crippen LogP contribution in [0.15, 0.2) is 22.7 Å². The minimum atomic E-state index is 0.548. The zero-order chi connectivity index (χ0) is 13.5. The van der Waals surface area contributed by atoms with Crippen molar-refractivity contribution in [1.82, 2.24) is 4.90 Å². The highest BCUT2D eigenvalue weighted by Gasteiger charge is 2.08. The number of rotatable bonds is 7. The van der Waals surface area contributed by atoms with Gasteiger partial charge in [-0.15, -0.1) is 11.6 Å². The molecule has 0 heterocycles. The third kappa shape index (κ3) is 4.79. The van der Waals surface area contributed by atoms with Gasteiger partial charge in [0.1, 0.15) is 0 Å². The molecule has 0 fully saturated rings. The van der Waals surface area contributed by atoms with Gasteiger partial charge < -0.3 is 9.80 Å². The van der Waals surface area contributed by atoms with Crippen molar-refractivity contribution in [2.45, 2.75) is 19.2 Å². The van der Waals surface area contributed by atoms with Crippen LogP contribution in [-0.4, -0.2) is 38.6 Å². The minimum absolute atomic E-state index is 0.548. The van der Waals surface area contributed by atoms with Crippen LogP contribution in [0.3, 0.4) is 0 Å². The fraction of sp³-hybridized carbons (Fsp3) is 0.571. The first kappa shape index (κ1) is 15.8. The maximum Gasteiger partial charge on any atom is 0.0485 e. The van der Waals surface area contributed by atoms with Crippen LogP contribution in [0.25, 0.3) is 0 Å². The molecule has 0 bridgehead atoms. The largest absolute Gasteiger partial charge is 0.370 e. The number of likely N-dealkylation sites (N-methyl/N-ethyl adjacent to an activating group) is 1. The van der Waals surface area contributed by atoms with Crippen LogP contribution in [0, 0.1) is 0 Å². The quantitative estimate of drug-likeness (QED) is 0.697. The fourth-order valence-corrected chi connectivity index (χ4v) is 2.70. The second kappa shape index (κ2) is 8.03. The van der Waals surface area contributed by atoms with E-state index < -0.39 is 0 Å². The molecule has 0 saturated heterocycles. The highest BCUT2D eigenvalue weighted by molar-refractivity contribution is 9.10. The zero-order valence-electron chi connectivity index (χ0n) is 11.4. The molecule has 0 amide bonds. The summed E-state index contributed by atoms with van der Waals surface area (Å²) in [4.78, 5) is 4.63. The maximum atomic E-state index is 5.88. The van der Waals surface area contributed by atoms with E-state index in [0.29, 0.717) is 5.88 Å². The molecule has 0 saturated carbocycles. The van der Waals surface area contributed by atoms with Crippen LogP contribution in [0.2, 0.25) is 0 Å². The first-order chi connectivity index (χ1) is 8.58. The SMILES string of the molecule is CCCN(CCN(C)C)c1ccc(CCl)c(Br)c1. The van der Waals surface area contributed by atoms with Crippen molar-refractivity contribution in [1.29, 1.82) is 0 Å². The summed E-state index contributed by atoms with van der Waals surface area (Å²) in [5, 5.41) is 0. The van der Waals surface area contributed by atoms with Crippen molar-refractivity contribution in [2.24, 2.45) is 0 Å². The molecule has 4 heteroatoms. The Morgan fingerprint density at radius 3 is 2.39 bits per heavy atom. The molecule has 2 nitrogen and oxygen atoms in total. The van der Waals surface area contributed by atoms with Gasteiger partial charge in [-0.25, -0.2) is 0 Å². The van der Waals surface area contributed by atoms with E-state index in [-0.39, 0.29) is 0 Å². The van der Waals surface area contributed by atoms with Crippen molar-refractivity contribution in [3.8, 4) is 0 Å². The smallest absolute Gasteiger partial charge is 0.0485 e. The van der Waals surface area contributed by atoms with Gasteiger partial charge in [-0.2, -0.15) is 0 Å². The second-order valence-corrected chi connectivity index (χ2v) is 5.82. The molecule has 0 unspecified atom stereocenters. The summed E-state index contributed by atoms with van der Waals surface area (Å²) in [5.41, 5.74) is 2.41. The predicted octanol–water partition coefficient (Wildman–Crippen LogP) is 3.97. The molecule has 0 radical (unpaired) electrons. The average molecular weight is 334 g/mol. The predicted molar refractivity (Wildman–Crippen MR) is 84.8 cm³/mol. The maximum absolute atomic E-state index is 5.88. The van der Waals surface area contributed by atoms with Gasteiger partial charge in [-0.3, -0.25) is 0 Å². The Labute approximate surface area is 124 Å². The first-order valence-electron chi connectivity index (χ1n) is 6.32. The minimum Gasteiger partial charge on any atom is -0.370 e. The molecule has 1 rings (SSSR count). The summed E-state index contributed by atoms with van der Waals surface area (Å²) in [5.74, 6) is 0.548. The number of benzene rings is 1. The van der Waals surface area contributed by atoms with Gasteiger partial charge in [-0.1, -0.05) is 28.9 Å². The molecular formula is C14H22BrClN2. The third-order valence-corrected chi connectivity index (χ3v) is 3.88. The number of hydrogen-bond acceptors (Lipinski definition) is 2. The van der Waals surface area contributed by atoms with Crippen LogP contribution in [-0.2, 0) is 5.88 Å². The number of hydrogen-bond donors (Lipinski definition) is 0. The van der Waals surface area contributed by atoms with E-state index in [9.17, 15) is 0 Å². The molecule has 0 N–H and O–H groups in total. The number of anilines is 1. The van der Waals surface area contributed by atoms with Crippen LogP contribution in [0.5, 0.6) is 0 Å². The van der Waals surface area contributed by atoms with Gasteiger partial charge in [0, 0.05) is 35.7 Å². The van der Waals surface area contributed by atoms with Crippen LogP contribution >= 0.6 is 27.5 Å². The highest BCUT2D eigenvalue weighted by atomic mass is 79.9. The summed E-state index contributed by atoms with van der Waals surface area (Å²) >= 11 is 9.46. The average Bonchev–Trinajstić information content (AvgIpc) is 2.34. The van der Waals surface area contributed by atoms with E-state index in [1.807, 2.05) is 0 Å². The van der Waals surface area contributed by atoms with Crippen molar-refractivity contribution < 1.29 is 0 Å². The van der Waals surface area contributed by atoms with Crippen molar-refractivity contribution in [3.05, 3.63) is 28.2 Å². The molecule has 0 atom stereocenters.